The maximum atomic E-state index is 12.4. The third kappa shape index (κ3) is 17.4. The molecule has 0 rings (SSSR count). The number of hydrogen-bond acceptors (Lipinski definition) is 3. The molecule has 0 saturated carbocycles. The molecule has 0 radical (unpaired) electrons. The van der Waals surface area contributed by atoms with Gasteiger partial charge >= 0.3 is 11.5 Å². The molecule has 0 unspecified atom stereocenters. The maximum absolute atomic E-state index is 12.4. The van der Waals surface area contributed by atoms with Crippen LogP contribution in [-0.2, 0) is 9.47 Å². The number of hydrogen-bond donors (Lipinski definition) is 1. The first-order chi connectivity index (χ1) is 8.27. The van der Waals surface area contributed by atoms with Crippen molar-refractivity contribution in [3.05, 3.63) is 0 Å². The fourth-order valence-corrected chi connectivity index (χ4v) is 2.67. The number of ether oxygens (including phenoxy) is 2. The molecular formula is C10H21AlClFINO2. The van der Waals surface area contributed by atoms with E-state index in [-0.39, 0.29) is 0 Å². The lowest BCUT2D eigenvalue weighted by Crippen LogP contribution is -2.27. The van der Waals surface area contributed by atoms with Crippen LogP contribution < -0.4 is 4.30 Å². The van der Waals surface area contributed by atoms with Crippen molar-refractivity contribution in [2.75, 3.05) is 38.9 Å². The second-order valence-electron chi connectivity index (χ2n) is 3.58. The van der Waals surface area contributed by atoms with Gasteiger partial charge in [0.2, 0.25) is 0 Å². The molecule has 0 spiro atoms. The Balaban J connectivity index is 2.89. The monoisotopic (exact) mass is 395 g/mol. The molecule has 0 aliphatic rings. The van der Waals surface area contributed by atoms with Gasteiger partial charge in [-0.1, -0.05) is 12.8 Å². The molecular weight excluding hydrogens is 374 g/mol. The zero-order valence-corrected chi connectivity index (χ0v) is 14.2. The Bertz CT molecular complexity index is 160. The van der Waals surface area contributed by atoms with E-state index >= 15 is 0 Å². The van der Waals surface area contributed by atoms with Crippen LogP contribution in [0.25, 0.3) is 0 Å². The van der Waals surface area contributed by atoms with Gasteiger partial charge in [0.25, 0.3) is 0 Å². The van der Waals surface area contributed by atoms with Crippen molar-refractivity contribution in [3.63, 3.8) is 0 Å². The Morgan fingerprint density at radius 2 is 1.65 bits per heavy atom. The van der Waals surface area contributed by atoms with Gasteiger partial charge in [0.1, 0.15) is 0 Å². The second kappa shape index (κ2) is 15.4. The molecule has 7 heteroatoms. The predicted octanol–water partition coefficient (Wildman–Crippen LogP) is 2.80. The van der Waals surface area contributed by atoms with E-state index in [2.05, 4.69) is 4.30 Å². The van der Waals surface area contributed by atoms with Crippen LogP contribution in [0.3, 0.4) is 0 Å². The first kappa shape index (κ1) is 18.4. The van der Waals surface area contributed by atoms with Crippen molar-refractivity contribution in [1.82, 2.24) is 4.30 Å². The lowest BCUT2D eigenvalue weighted by Gasteiger charge is -2.06. The predicted molar refractivity (Wildman–Crippen MR) is 79.7 cm³/mol. The van der Waals surface area contributed by atoms with Gasteiger partial charge < -0.3 is 17.3 Å². The molecule has 0 heterocycles. The highest BCUT2D eigenvalue weighted by atomic mass is 127. The second-order valence-corrected chi connectivity index (χ2v) is 8.25. The van der Waals surface area contributed by atoms with Crippen LogP contribution >= 0.6 is 31.9 Å². The standard InChI is InChI=1S/C10H21ClNO2.Al.FH.HI/c11-5-3-1-2-4-7-13-9-10-14-8-6-12;;;/h12H,1-10H2;;2*1H/q-1;+3;;/p-2. The van der Waals surface area contributed by atoms with Crippen molar-refractivity contribution in [2.45, 2.75) is 25.7 Å². The van der Waals surface area contributed by atoms with E-state index in [9.17, 15) is 3.52 Å². The van der Waals surface area contributed by atoms with Crippen molar-refractivity contribution in [1.29, 1.82) is 0 Å². The molecule has 0 aliphatic heterocycles. The van der Waals surface area contributed by atoms with Crippen LogP contribution in [-0.4, -0.2) is 50.4 Å². The van der Waals surface area contributed by atoms with Crippen molar-refractivity contribution >= 4 is 43.4 Å². The smallest absolute Gasteiger partial charge is 0.379 e. The zero-order valence-electron chi connectivity index (χ0n) is 10.1. The van der Waals surface area contributed by atoms with Gasteiger partial charge in [-0.3, -0.25) is 0 Å². The Kier molecular flexibility index (Phi) is 16.7. The number of alkyl halides is 1. The number of nitrogens with one attached hydrogen (secondary N) is 1. The summed E-state index contributed by atoms with van der Waals surface area (Å²) in [6.07, 6.45) is 4.53. The minimum atomic E-state index is -2.16. The van der Waals surface area contributed by atoms with Crippen molar-refractivity contribution in [2.24, 2.45) is 0 Å². The molecule has 3 nitrogen and oxygen atoms in total. The summed E-state index contributed by atoms with van der Waals surface area (Å²) in [6, 6.07) is 0. The third-order valence-electron chi connectivity index (χ3n) is 2.09. The van der Waals surface area contributed by atoms with Crippen LogP contribution in [0.4, 0.5) is 3.52 Å². The lowest BCUT2D eigenvalue weighted by molar-refractivity contribution is 0.0484. The molecule has 0 bridgehead atoms. The van der Waals surface area contributed by atoms with E-state index in [1.165, 1.54) is 12.8 Å². The number of halogens is 3. The van der Waals surface area contributed by atoms with Crippen molar-refractivity contribution < 1.29 is 13.0 Å². The average molecular weight is 396 g/mol. The van der Waals surface area contributed by atoms with Gasteiger partial charge in [0.05, 0.1) is 19.8 Å². The summed E-state index contributed by atoms with van der Waals surface area (Å²) >= 11 is 5.22. The molecule has 0 fully saturated rings. The summed E-state index contributed by atoms with van der Waals surface area (Å²) in [6.45, 7) is 3.14. The fraction of sp³-hybridized carbons (Fsp3) is 1.00. The highest BCUT2D eigenvalue weighted by Gasteiger charge is 2.12. The van der Waals surface area contributed by atoms with E-state index in [1.54, 1.807) is 0 Å². The van der Waals surface area contributed by atoms with Gasteiger partial charge in [-0.15, -0.1) is 31.9 Å². The summed E-state index contributed by atoms with van der Waals surface area (Å²) in [7, 11) is 0. The van der Waals surface area contributed by atoms with E-state index in [0.717, 1.165) is 25.3 Å². The molecule has 0 aromatic heterocycles. The largest absolute Gasteiger partial charge is 0.708 e. The summed E-state index contributed by atoms with van der Waals surface area (Å²) < 4.78 is 25.9. The topological polar surface area (TPSA) is 30.5 Å². The minimum absolute atomic E-state index is 0.551. The van der Waals surface area contributed by atoms with Gasteiger partial charge in [-0.25, -0.2) is 0 Å². The average Bonchev–Trinajstić information content (AvgIpc) is 2.30. The van der Waals surface area contributed by atoms with Crippen LogP contribution in [0, 0.1) is 0 Å². The maximum Gasteiger partial charge on any atom is 0.708 e. The van der Waals surface area contributed by atoms with Crippen LogP contribution in [0.1, 0.15) is 25.7 Å². The SMILES string of the molecule is [F][Al]([I])[NH]CCOCCOCCCCCCCl. The Labute approximate surface area is 125 Å². The van der Waals surface area contributed by atoms with Gasteiger partial charge in [0.15, 0.2) is 0 Å². The Hall–Kier alpha value is 1.36. The summed E-state index contributed by atoms with van der Waals surface area (Å²) in [5, 5.41) is 0. The fourth-order valence-electron chi connectivity index (χ4n) is 1.21. The minimum Gasteiger partial charge on any atom is -0.379 e. The molecule has 0 aromatic rings. The summed E-state index contributed by atoms with van der Waals surface area (Å²) in [4.78, 5) is 0. The highest BCUT2D eigenvalue weighted by Crippen LogP contribution is 2.00. The first-order valence-corrected chi connectivity index (χ1v) is 11.7. The van der Waals surface area contributed by atoms with Crippen LogP contribution in [0.15, 0.2) is 0 Å². The third-order valence-corrected chi connectivity index (χ3v) is 4.28. The van der Waals surface area contributed by atoms with Gasteiger partial charge in [-0.2, -0.15) is 0 Å². The summed E-state index contributed by atoms with van der Waals surface area (Å²) in [5.41, 5.74) is 0. The van der Waals surface area contributed by atoms with E-state index in [4.69, 9.17) is 21.1 Å². The summed E-state index contributed by atoms with van der Waals surface area (Å²) in [5.74, 6) is 0.753. The molecule has 1 N–H and O–H groups in total. The molecule has 102 valence electrons. The first-order valence-electron chi connectivity index (χ1n) is 6.00. The molecule has 0 saturated heterocycles. The van der Waals surface area contributed by atoms with E-state index in [0.29, 0.717) is 26.4 Å². The normalized spacial score (nSPS) is 10.8. The zero-order chi connectivity index (χ0) is 12.8. The molecule has 0 aliphatic carbocycles. The Morgan fingerprint density at radius 3 is 2.29 bits per heavy atom. The quantitative estimate of drug-likeness (QED) is 0.225. The molecule has 0 atom stereocenters. The Morgan fingerprint density at radius 1 is 1.00 bits per heavy atom. The molecule has 0 aromatic carbocycles. The molecule has 17 heavy (non-hydrogen) atoms. The number of unbranched alkanes of at least 4 members (excludes halogenated alkanes) is 3. The van der Waals surface area contributed by atoms with E-state index < -0.39 is 11.5 Å². The molecule has 0 amide bonds. The number of rotatable bonds is 13. The van der Waals surface area contributed by atoms with E-state index in [1.807, 2.05) is 20.3 Å². The van der Waals surface area contributed by atoms with Crippen molar-refractivity contribution in [3.8, 4) is 0 Å². The van der Waals surface area contributed by atoms with Crippen LogP contribution in [0.5, 0.6) is 0 Å². The van der Waals surface area contributed by atoms with Gasteiger partial charge in [0, 0.05) is 19.0 Å². The van der Waals surface area contributed by atoms with Crippen LogP contribution in [0.2, 0.25) is 0 Å². The van der Waals surface area contributed by atoms with Gasteiger partial charge in [-0.05, 0) is 12.8 Å². The lowest BCUT2D eigenvalue weighted by atomic mass is 10.2. The highest BCUT2D eigenvalue weighted by molar-refractivity contribution is 14.1.